The molecule has 1 aliphatic rings. The van der Waals surface area contributed by atoms with Gasteiger partial charge in [-0.05, 0) is 43.6 Å². The molecule has 0 aliphatic heterocycles. The number of hydrogen-bond donors (Lipinski definition) is 1. The summed E-state index contributed by atoms with van der Waals surface area (Å²) in [5.74, 6) is 1.38. The molecule has 0 heterocycles. The second-order valence-corrected chi connectivity index (χ2v) is 5.07. The molecule has 0 bridgehead atoms. The molecule has 1 heteroatoms. The summed E-state index contributed by atoms with van der Waals surface area (Å²) < 4.78 is 0. The van der Waals surface area contributed by atoms with Gasteiger partial charge in [0.25, 0.3) is 0 Å². The minimum Gasteiger partial charge on any atom is -0.396 e. The lowest BCUT2D eigenvalue weighted by Crippen LogP contribution is -2.11. The van der Waals surface area contributed by atoms with Gasteiger partial charge in [-0.2, -0.15) is 0 Å². The van der Waals surface area contributed by atoms with Gasteiger partial charge in [-0.15, -0.1) is 0 Å². The van der Waals surface area contributed by atoms with Crippen LogP contribution >= 0.6 is 0 Å². The maximum absolute atomic E-state index is 9.21. The predicted molar refractivity (Wildman–Crippen MR) is 67.6 cm³/mol. The fraction of sp³-hybridized carbons (Fsp3) is 0.600. The van der Waals surface area contributed by atoms with E-state index in [-0.39, 0.29) is 0 Å². The van der Waals surface area contributed by atoms with Crippen LogP contribution in [0.3, 0.4) is 0 Å². The molecular formula is C15H22O. The monoisotopic (exact) mass is 218 g/mol. The smallest absolute Gasteiger partial charge is 0.0436 e. The average molecular weight is 218 g/mol. The van der Waals surface area contributed by atoms with Gasteiger partial charge in [0.1, 0.15) is 0 Å². The molecule has 1 unspecified atom stereocenters. The standard InChI is InChI=1S/C15H22O/c1-12-6-8-14(9-7-12)15(10-11-16)13-4-2-3-5-13/h6-9,13,15-16H,2-5,10-11H2,1H3. The van der Waals surface area contributed by atoms with Crippen molar-refractivity contribution in [3.8, 4) is 0 Å². The molecule has 0 radical (unpaired) electrons. The third-order valence-corrected chi connectivity index (χ3v) is 3.91. The molecule has 1 saturated carbocycles. The Morgan fingerprint density at radius 3 is 2.38 bits per heavy atom. The van der Waals surface area contributed by atoms with E-state index in [0.717, 1.165) is 12.3 Å². The highest BCUT2D eigenvalue weighted by atomic mass is 16.3. The van der Waals surface area contributed by atoms with E-state index >= 15 is 0 Å². The Bertz CT molecular complexity index is 309. The first-order valence-electron chi connectivity index (χ1n) is 6.48. The summed E-state index contributed by atoms with van der Waals surface area (Å²) in [6, 6.07) is 8.87. The van der Waals surface area contributed by atoms with Crippen LogP contribution in [-0.4, -0.2) is 11.7 Å². The summed E-state index contributed by atoms with van der Waals surface area (Å²) >= 11 is 0. The molecule has 1 aliphatic carbocycles. The summed E-state index contributed by atoms with van der Waals surface area (Å²) in [4.78, 5) is 0. The average Bonchev–Trinajstić information content (AvgIpc) is 2.81. The van der Waals surface area contributed by atoms with Crippen molar-refractivity contribution in [3.63, 3.8) is 0 Å². The molecule has 0 amide bonds. The van der Waals surface area contributed by atoms with Crippen LogP contribution in [-0.2, 0) is 0 Å². The first kappa shape index (κ1) is 11.7. The van der Waals surface area contributed by atoms with Crippen molar-refractivity contribution in [2.45, 2.75) is 44.9 Å². The molecule has 1 aromatic rings. The Morgan fingerprint density at radius 1 is 1.19 bits per heavy atom. The van der Waals surface area contributed by atoms with Crippen molar-refractivity contribution in [3.05, 3.63) is 35.4 Å². The van der Waals surface area contributed by atoms with Crippen LogP contribution in [0.4, 0.5) is 0 Å². The van der Waals surface area contributed by atoms with E-state index in [4.69, 9.17) is 0 Å². The zero-order valence-corrected chi connectivity index (χ0v) is 10.2. The highest BCUT2D eigenvalue weighted by Gasteiger charge is 2.25. The van der Waals surface area contributed by atoms with Crippen LogP contribution < -0.4 is 0 Å². The number of rotatable bonds is 4. The van der Waals surface area contributed by atoms with Crippen molar-refractivity contribution >= 4 is 0 Å². The first-order valence-corrected chi connectivity index (χ1v) is 6.48. The van der Waals surface area contributed by atoms with Gasteiger partial charge < -0.3 is 5.11 Å². The van der Waals surface area contributed by atoms with Gasteiger partial charge in [0, 0.05) is 6.61 Å². The predicted octanol–water partition coefficient (Wildman–Crippen LogP) is 3.65. The summed E-state index contributed by atoms with van der Waals surface area (Å²) in [5, 5.41) is 9.21. The van der Waals surface area contributed by atoms with Crippen molar-refractivity contribution in [1.29, 1.82) is 0 Å². The highest BCUT2D eigenvalue weighted by Crippen LogP contribution is 2.39. The number of aryl methyl sites for hydroxylation is 1. The second kappa shape index (κ2) is 5.49. The lowest BCUT2D eigenvalue weighted by Gasteiger charge is -2.23. The minimum atomic E-state index is 0.315. The van der Waals surface area contributed by atoms with Crippen LogP contribution in [0, 0.1) is 12.8 Å². The molecule has 0 aromatic heterocycles. The molecule has 88 valence electrons. The van der Waals surface area contributed by atoms with Crippen LogP contribution in [0.5, 0.6) is 0 Å². The fourth-order valence-electron chi connectivity index (χ4n) is 2.99. The molecule has 1 atom stereocenters. The summed E-state index contributed by atoms with van der Waals surface area (Å²) in [7, 11) is 0. The number of benzene rings is 1. The van der Waals surface area contributed by atoms with Crippen molar-refractivity contribution < 1.29 is 5.11 Å². The zero-order valence-electron chi connectivity index (χ0n) is 10.2. The van der Waals surface area contributed by atoms with Crippen LogP contribution in [0.15, 0.2) is 24.3 Å². The fourth-order valence-corrected chi connectivity index (χ4v) is 2.99. The third kappa shape index (κ3) is 2.65. The van der Waals surface area contributed by atoms with Crippen molar-refractivity contribution in [2.75, 3.05) is 6.61 Å². The molecular weight excluding hydrogens is 196 g/mol. The largest absolute Gasteiger partial charge is 0.396 e. The lowest BCUT2D eigenvalue weighted by molar-refractivity contribution is 0.254. The Morgan fingerprint density at radius 2 is 1.81 bits per heavy atom. The quantitative estimate of drug-likeness (QED) is 0.818. The van der Waals surface area contributed by atoms with E-state index in [0.29, 0.717) is 12.5 Å². The van der Waals surface area contributed by atoms with Gasteiger partial charge in [-0.1, -0.05) is 42.7 Å². The summed E-state index contributed by atoms with van der Waals surface area (Å²) in [6.07, 6.45) is 6.36. The third-order valence-electron chi connectivity index (χ3n) is 3.91. The maximum atomic E-state index is 9.21. The molecule has 1 fully saturated rings. The SMILES string of the molecule is Cc1ccc(C(CCO)C2CCCC2)cc1. The Labute approximate surface area is 98.5 Å². The summed E-state index contributed by atoms with van der Waals surface area (Å²) in [5.41, 5.74) is 2.74. The van der Waals surface area contributed by atoms with Crippen molar-refractivity contribution in [2.24, 2.45) is 5.92 Å². The van der Waals surface area contributed by atoms with E-state index in [1.165, 1.54) is 36.8 Å². The van der Waals surface area contributed by atoms with Crippen LogP contribution in [0.1, 0.15) is 49.1 Å². The first-order chi connectivity index (χ1) is 7.81. The molecule has 0 saturated heterocycles. The molecule has 0 spiro atoms. The highest BCUT2D eigenvalue weighted by molar-refractivity contribution is 5.25. The van der Waals surface area contributed by atoms with Crippen LogP contribution in [0.2, 0.25) is 0 Å². The van der Waals surface area contributed by atoms with Gasteiger partial charge in [-0.25, -0.2) is 0 Å². The maximum Gasteiger partial charge on any atom is 0.0436 e. The van der Waals surface area contributed by atoms with Gasteiger partial charge in [0.2, 0.25) is 0 Å². The summed E-state index contributed by atoms with van der Waals surface area (Å²) in [6.45, 7) is 2.44. The number of aliphatic hydroxyl groups excluding tert-OH is 1. The van der Waals surface area contributed by atoms with Gasteiger partial charge >= 0.3 is 0 Å². The number of aliphatic hydroxyl groups is 1. The molecule has 16 heavy (non-hydrogen) atoms. The van der Waals surface area contributed by atoms with Gasteiger partial charge in [0.05, 0.1) is 0 Å². The Kier molecular flexibility index (Phi) is 4.00. The normalized spacial score (nSPS) is 18.9. The molecule has 1 nitrogen and oxygen atoms in total. The van der Waals surface area contributed by atoms with E-state index in [1.54, 1.807) is 0 Å². The van der Waals surface area contributed by atoms with E-state index in [2.05, 4.69) is 31.2 Å². The zero-order chi connectivity index (χ0) is 11.4. The Hall–Kier alpha value is -0.820. The van der Waals surface area contributed by atoms with Crippen molar-refractivity contribution in [1.82, 2.24) is 0 Å². The Balaban J connectivity index is 2.14. The lowest BCUT2D eigenvalue weighted by atomic mass is 9.82. The van der Waals surface area contributed by atoms with E-state index in [9.17, 15) is 5.11 Å². The molecule has 1 aromatic carbocycles. The van der Waals surface area contributed by atoms with Gasteiger partial charge in [0.15, 0.2) is 0 Å². The number of hydrogen-bond acceptors (Lipinski definition) is 1. The van der Waals surface area contributed by atoms with E-state index in [1.807, 2.05) is 0 Å². The van der Waals surface area contributed by atoms with E-state index < -0.39 is 0 Å². The second-order valence-electron chi connectivity index (χ2n) is 5.07. The van der Waals surface area contributed by atoms with Gasteiger partial charge in [-0.3, -0.25) is 0 Å². The molecule has 2 rings (SSSR count). The topological polar surface area (TPSA) is 20.2 Å². The molecule has 1 N–H and O–H groups in total. The van der Waals surface area contributed by atoms with Crippen LogP contribution in [0.25, 0.3) is 0 Å². The minimum absolute atomic E-state index is 0.315.